The highest BCUT2D eigenvalue weighted by Gasteiger charge is 2.58. The van der Waals surface area contributed by atoms with Crippen LogP contribution < -0.4 is 0 Å². The highest BCUT2D eigenvalue weighted by molar-refractivity contribution is 5.76. The van der Waals surface area contributed by atoms with Gasteiger partial charge in [0, 0.05) is 19.5 Å². The Balaban J connectivity index is 1.90. The summed E-state index contributed by atoms with van der Waals surface area (Å²) < 4.78 is 0. The van der Waals surface area contributed by atoms with Gasteiger partial charge in [-0.1, -0.05) is 20.8 Å². The first-order valence-electron chi connectivity index (χ1n) is 6.38. The zero-order valence-electron chi connectivity index (χ0n) is 10.3. The van der Waals surface area contributed by atoms with Gasteiger partial charge >= 0.3 is 0 Å². The molecule has 0 aromatic rings. The average Bonchev–Trinajstić information content (AvgIpc) is 2.92. The molecule has 86 valence electrons. The molecule has 0 N–H and O–H groups in total. The second-order valence-electron chi connectivity index (χ2n) is 5.63. The molecule has 2 rings (SSSR count). The predicted molar refractivity (Wildman–Crippen MR) is 61.5 cm³/mol. The Kier molecular flexibility index (Phi) is 2.78. The number of hydrogen-bond donors (Lipinski definition) is 0. The van der Waals surface area contributed by atoms with E-state index in [1.165, 1.54) is 12.8 Å². The summed E-state index contributed by atoms with van der Waals surface area (Å²) in [6.07, 6.45) is 4.32. The van der Waals surface area contributed by atoms with E-state index in [0.717, 1.165) is 37.8 Å². The van der Waals surface area contributed by atoms with E-state index in [0.29, 0.717) is 11.3 Å². The third-order valence-corrected chi connectivity index (χ3v) is 4.53. The number of amides is 1. The fourth-order valence-electron chi connectivity index (χ4n) is 3.25. The Morgan fingerprint density at radius 3 is 2.80 bits per heavy atom. The lowest BCUT2D eigenvalue weighted by molar-refractivity contribution is -0.132. The molecule has 1 aliphatic carbocycles. The smallest absolute Gasteiger partial charge is 0.222 e. The van der Waals surface area contributed by atoms with E-state index in [2.05, 4.69) is 25.7 Å². The van der Waals surface area contributed by atoms with Crippen LogP contribution in [0.4, 0.5) is 0 Å². The summed E-state index contributed by atoms with van der Waals surface area (Å²) in [7, 11) is 0. The molecule has 1 saturated heterocycles. The lowest BCUT2D eigenvalue weighted by Gasteiger charge is -2.33. The summed E-state index contributed by atoms with van der Waals surface area (Å²) in [5.41, 5.74) is 0.614. The average molecular weight is 209 g/mol. The van der Waals surface area contributed by atoms with E-state index in [9.17, 15) is 4.79 Å². The molecular weight excluding hydrogens is 186 g/mol. The molecule has 1 amide bonds. The van der Waals surface area contributed by atoms with E-state index in [1.807, 2.05) is 0 Å². The molecule has 0 bridgehead atoms. The standard InChI is InChI=1S/C13H23NO/c1-4-5-12(15)14-7-6-13(10(2)3)8-11(13)9-14/h10-11H,4-9H2,1-3H3. The molecule has 0 aromatic carbocycles. The van der Waals surface area contributed by atoms with Gasteiger partial charge in [0.05, 0.1) is 0 Å². The zero-order valence-corrected chi connectivity index (χ0v) is 10.3. The number of hydrogen-bond acceptors (Lipinski definition) is 1. The lowest BCUT2D eigenvalue weighted by atomic mass is 9.84. The molecule has 0 spiro atoms. The second kappa shape index (κ2) is 3.80. The molecule has 2 fully saturated rings. The molecule has 0 aromatic heterocycles. The highest BCUT2D eigenvalue weighted by Crippen LogP contribution is 2.62. The molecular formula is C13H23NO. The number of carbonyl (C=O) groups excluding carboxylic acids is 1. The molecule has 15 heavy (non-hydrogen) atoms. The molecule has 1 heterocycles. The van der Waals surface area contributed by atoms with Crippen LogP contribution in [0, 0.1) is 17.3 Å². The fraction of sp³-hybridized carbons (Fsp3) is 0.923. The lowest BCUT2D eigenvalue weighted by Crippen LogP contribution is -2.40. The van der Waals surface area contributed by atoms with Gasteiger partial charge in [-0.15, -0.1) is 0 Å². The summed E-state index contributed by atoms with van der Waals surface area (Å²) in [5, 5.41) is 0. The molecule has 2 unspecified atom stereocenters. The van der Waals surface area contributed by atoms with Crippen LogP contribution in [0.5, 0.6) is 0 Å². The Labute approximate surface area is 93.0 Å². The minimum atomic E-state index is 0.377. The van der Waals surface area contributed by atoms with Crippen molar-refractivity contribution < 1.29 is 4.79 Å². The van der Waals surface area contributed by atoms with Crippen LogP contribution in [0.15, 0.2) is 0 Å². The van der Waals surface area contributed by atoms with Crippen molar-refractivity contribution in [2.24, 2.45) is 17.3 Å². The number of carbonyl (C=O) groups is 1. The molecule has 2 heteroatoms. The fourth-order valence-corrected chi connectivity index (χ4v) is 3.25. The minimum absolute atomic E-state index is 0.377. The van der Waals surface area contributed by atoms with Crippen LogP contribution in [0.25, 0.3) is 0 Å². The minimum Gasteiger partial charge on any atom is -0.342 e. The summed E-state index contributed by atoms with van der Waals surface area (Å²) in [4.78, 5) is 13.9. The van der Waals surface area contributed by atoms with Crippen molar-refractivity contribution in [3.8, 4) is 0 Å². The van der Waals surface area contributed by atoms with E-state index in [-0.39, 0.29) is 0 Å². The first-order valence-corrected chi connectivity index (χ1v) is 6.38. The van der Waals surface area contributed by atoms with E-state index >= 15 is 0 Å². The maximum Gasteiger partial charge on any atom is 0.222 e. The zero-order chi connectivity index (χ0) is 11.1. The maximum absolute atomic E-state index is 11.8. The maximum atomic E-state index is 11.8. The van der Waals surface area contributed by atoms with Crippen LogP contribution >= 0.6 is 0 Å². The monoisotopic (exact) mass is 209 g/mol. The molecule has 1 saturated carbocycles. The molecule has 1 aliphatic heterocycles. The van der Waals surface area contributed by atoms with Gasteiger partial charge in [0.2, 0.25) is 5.91 Å². The van der Waals surface area contributed by atoms with Crippen LogP contribution in [0.1, 0.15) is 46.5 Å². The highest BCUT2D eigenvalue weighted by atomic mass is 16.2. The van der Waals surface area contributed by atoms with Gasteiger partial charge in [-0.2, -0.15) is 0 Å². The van der Waals surface area contributed by atoms with Crippen LogP contribution in [-0.2, 0) is 4.79 Å². The van der Waals surface area contributed by atoms with E-state index < -0.39 is 0 Å². The van der Waals surface area contributed by atoms with Crippen LogP contribution in [-0.4, -0.2) is 23.9 Å². The van der Waals surface area contributed by atoms with Gasteiger partial charge in [0.25, 0.3) is 0 Å². The van der Waals surface area contributed by atoms with Gasteiger partial charge in [-0.05, 0) is 36.5 Å². The number of piperidine rings is 1. The SMILES string of the molecule is CCCC(=O)N1CCC2(C(C)C)CC2C1. The quantitative estimate of drug-likeness (QED) is 0.700. The molecule has 0 radical (unpaired) electrons. The van der Waals surface area contributed by atoms with Crippen molar-refractivity contribution in [3.63, 3.8) is 0 Å². The van der Waals surface area contributed by atoms with Gasteiger partial charge in [0.15, 0.2) is 0 Å². The van der Waals surface area contributed by atoms with Crippen molar-refractivity contribution >= 4 is 5.91 Å². The first kappa shape index (κ1) is 11.0. The Hall–Kier alpha value is -0.530. The van der Waals surface area contributed by atoms with Crippen molar-refractivity contribution in [1.29, 1.82) is 0 Å². The number of fused-ring (bicyclic) bond motifs is 1. The topological polar surface area (TPSA) is 20.3 Å². The van der Waals surface area contributed by atoms with Crippen molar-refractivity contribution in [2.75, 3.05) is 13.1 Å². The summed E-state index contributed by atoms with van der Waals surface area (Å²) in [6.45, 7) is 8.80. The Morgan fingerprint density at radius 2 is 2.27 bits per heavy atom. The number of likely N-dealkylation sites (tertiary alicyclic amines) is 1. The number of nitrogens with zero attached hydrogens (tertiary/aromatic N) is 1. The first-order chi connectivity index (χ1) is 7.10. The molecule has 2 aliphatic rings. The van der Waals surface area contributed by atoms with Gasteiger partial charge < -0.3 is 4.90 Å². The number of rotatable bonds is 3. The summed E-state index contributed by atoms with van der Waals surface area (Å²) in [6, 6.07) is 0. The predicted octanol–water partition coefficient (Wildman–Crippen LogP) is 2.68. The van der Waals surface area contributed by atoms with Crippen molar-refractivity contribution in [1.82, 2.24) is 4.90 Å². The van der Waals surface area contributed by atoms with Crippen LogP contribution in [0.3, 0.4) is 0 Å². The van der Waals surface area contributed by atoms with E-state index in [1.54, 1.807) is 0 Å². The summed E-state index contributed by atoms with van der Waals surface area (Å²) in [5.74, 6) is 1.99. The van der Waals surface area contributed by atoms with Gasteiger partial charge in [-0.3, -0.25) is 4.79 Å². The second-order valence-corrected chi connectivity index (χ2v) is 5.63. The molecule has 2 nitrogen and oxygen atoms in total. The third kappa shape index (κ3) is 1.79. The normalized spacial score (nSPS) is 34.1. The third-order valence-electron chi connectivity index (χ3n) is 4.53. The largest absolute Gasteiger partial charge is 0.342 e. The van der Waals surface area contributed by atoms with Crippen molar-refractivity contribution in [3.05, 3.63) is 0 Å². The van der Waals surface area contributed by atoms with E-state index in [4.69, 9.17) is 0 Å². The van der Waals surface area contributed by atoms with Crippen molar-refractivity contribution in [2.45, 2.75) is 46.5 Å². The summed E-state index contributed by atoms with van der Waals surface area (Å²) >= 11 is 0. The van der Waals surface area contributed by atoms with Crippen LogP contribution in [0.2, 0.25) is 0 Å². The van der Waals surface area contributed by atoms with Gasteiger partial charge in [0.1, 0.15) is 0 Å². The Bertz CT molecular complexity index is 261. The van der Waals surface area contributed by atoms with Gasteiger partial charge in [-0.25, -0.2) is 0 Å². The molecule has 2 atom stereocenters. The Morgan fingerprint density at radius 1 is 1.53 bits per heavy atom.